The van der Waals surface area contributed by atoms with Crippen LogP contribution < -0.4 is 26.2 Å². The van der Waals surface area contributed by atoms with Crippen LogP contribution in [0.3, 0.4) is 0 Å². The van der Waals surface area contributed by atoms with Crippen LogP contribution in [0.5, 0.6) is 0 Å². The number of anilines is 6. The van der Waals surface area contributed by atoms with Crippen LogP contribution in [0.4, 0.5) is 34.1 Å². The summed E-state index contributed by atoms with van der Waals surface area (Å²) < 4.78 is 122. The normalized spacial score (nSPS) is 15.3. The number of hydrogen-bond donors (Lipinski definition) is 0. The Morgan fingerprint density at radius 2 is 0.576 bits per heavy atom. The number of aromatic nitrogens is 2. The lowest BCUT2D eigenvalue weighted by Gasteiger charge is -2.47. The summed E-state index contributed by atoms with van der Waals surface area (Å²) in [6, 6.07) is 73.1. The molecule has 0 unspecified atom stereocenters. The second-order valence-corrected chi connectivity index (χ2v) is 46.2. The molecule has 0 saturated carbocycles. The highest BCUT2D eigenvalue weighted by molar-refractivity contribution is 7.00. The summed E-state index contributed by atoms with van der Waals surface area (Å²) in [7, 11) is 0. The van der Waals surface area contributed by atoms with Crippen molar-refractivity contribution in [2.24, 2.45) is 32.5 Å². The van der Waals surface area contributed by atoms with Crippen molar-refractivity contribution >= 4 is 101 Å². The van der Waals surface area contributed by atoms with Gasteiger partial charge in [-0.2, -0.15) is 0 Å². The fourth-order valence-corrected chi connectivity index (χ4v) is 19.5. The molecular weight excluding hydrogens is 1510 g/mol. The number of benzene rings is 13. The molecular formula is C120H135BN4. The zero-order valence-electron chi connectivity index (χ0n) is 91.3. The van der Waals surface area contributed by atoms with Crippen LogP contribution in [0, 0.1) is 32.5 Å². The molecule has 0 amide bonds. The third kappa shape index (κ3) is 17.4. The van der Waals surface area contributed by atoms with Crippen molar-refractivity contribution in [3.8, 4) is 55.9 Å². The predicted octanol–water partition coefficient (Wildman–Crippen LogP) is 32.1. The van der Waals surface area contributed by atoms with Gasteiger partial charge in [-0.3, -0.25) is 0 Å². The SMILES string of the molecule is [2H]c1c([2H])c([2H])c2c(c1[2H])c1cc(C([2H])([2H])C(C)(C)C)ccc1n2-c1ccc2c(c1)N(c1c(-c3cccc(CC(C)(C)C)c3)cc(C(C)(C)C)cc1-c1cccc(CC(C)(C)C)c1)c1cc(C(C)(C)C)cc3c1B2c1ccc(-n2c4ccc(C([2H])([2H])C(C)(C)C)cc4c4c([2H])c([2H])c([2H])c([2H])c42)cc1N3c1c(-c2cccc(CC(C)(C)C)c2)cc(C(C)(C)C)cc1-c1cccc(CC(C)(C)C)c1. The molecule has 638 valence electrons. The van der Waals surface area contributed by atoms with Gasteiger partial charge in [-0.1, -0.05) is 345 Å². The van der Waals surface area contributed by atoms with Crippen LogP contribution in [0.2, 0.25) is 0 Å². The van der Waals surface area contributed by atoms with Crippen molar-refractivity contribution in [3.05, 3.63) is 305 Å². The number of fused-ring (bicyclic) bond motifs is 10. The van der Waals surface area contributed by atoms with Gasteiger partial charge >= 0.3 is 0 Å². The summed E-state index contributed by atoms with van der Waals surface area (Å²) in [6.07, 6.45) is -0.554. The second kappa shape index (κ2) is 31.0. The van der Waals surface area contributed by atoms with Gasteiger partial charge in [0.2, 0.25) is 0 Å². The van der Waals surface area contributed by atoms with Gasteiger partial charge in [-0.05, 0) is 273 Å². The van der Waals surface area contributed by atoms with E-state index >= 15 is 0 Å². The first-order valence-electron chi connectivity index (χ1n) is 51.3. The van der Waals surface area contributed by atoms with Crippen LogP contribution in [-0.4, -0.2) is 15.8 Å². The lowest BCUT2D eigenvalue weighted by atomic mass is 9.33. The molecule has 0 N–H and O–H groups in total. The molecule has 0 radical (unpaired) electrons. The third-order valence-electron chi connectivity index (χ3n) is 24.5. The molecule has 0 bridgehead atoms. The van der Waals surface area contributed by atoms with Crippen LogP contribution in [0.1, 0.15) is 253 Å². The quantitative estimate of drug-likeness (QED) is 0.101. The van der Waals surface area contributed by atoms with Gasteiger partial charge in [0, 0.05) is 83.4 Å². The minimum atomic E-state index is -1.88. The maximum absolute atomic E-state index is 10.3. The summed E-state index contributed by atoms with van der Waals surface area (Å²) in [6.45, 7) is 58.9. The van der Waals surface area contributed by atoms with Gasteiger partial charge in [0.25, 0.3) is 6.71 Å². The summed E-state index contributed by atoms with van der Waals surface area (Å²) in [5, 5.41) is 1.54. The molecule has 0 spiro atoms. The van der Waals surface area contributed by atoms with Crippen molar-refractivity contribution in [2.75, 3.05) is 9.80 Å². The Labute approximate surface area is 766 Å². The zero-order chi connectivity index (χ0) is 99.7. The molecule has 2 aromatic heterocycles. The lowest BCUT2D eigenvalue weighted by molar-refractivity contribution is 0.411. The van der Waals surface area contributed by atoms with E-state index in [0.29, 0.717) is 44.3 Å². The van der Waals surface area contributed by atoms with Crippen molar-refractivity contribution in [1.82, 2.24) is 9.13 Å². The van der Waals surface area contributed by atoms with E-state index in [2.05, 4.69) is 325 Å². The van der Waals surface area contributed by atoms with Gasteiger partial charge in [-0.15, -0.1) is 0 Å². The summed E-state index contributed by atoms with van der Waals surface area (Å²) in [4.78, 5) is 5.14. The van der Waals surface area contributed by atoms with Crippen LogP contribution >= 0.6 is 0 Å². The maximum Gasteiger partial charge on any atom is 0.252 e. The van der Waals surface area contributed by atoms with Crippen molar-refractivity contribution in [1.29, 1.82) is 0 Å². The molecule has 4 nitrogen and oxygen atoms in total. The first kappa shape index (κ1) is 72.3. The number of hydrogen-bond acceptors (Lipinski definition) is 2. The number of rotatable bonds is 14. The van der Waals surface area contributed by atoms with Gasteiger partial charge in [0.1, 0.15) is 0 Å². The average Bonchev–Trinajstić information content (AvgIpc) is 0.868. The summed E-state index contributed by atoms with van der Waals surface area (Å²) in [5.74, 6) is 0. The van der Waals surface area contributed by atoms with E-state index in [0.717, 1.165) is 137 Å². The zero-order valence-corrected chi connectivity index (χ0v) is 79.3. The summed E-state index contributed by atoms with van der Waals surface area (Å²) >= 11 is 0. The molecule has 125 heavy (non-hydrogen) atoms. The minimum absolute atomic E-state index is 0.0848. The lowest BCUT2D eigenvalue weighted by Crippen LogP contribution is -2.61. The Hall–Kier alpha value is -10.9. The largest absolute Gasteiger partial charge is 0.310 e. The van der Waals surface area contributed by atoms with E-state index in [1.807, 2.05) is 87.1 Å². The predicted molar refractivity (Wildman–Crippen MR) is 546 cm³/mol. The van der Waals surface area contributed by atoms with E-state index < -0.39 is 58.6 Å². The Kier molecular flexibility index (Phi) is 17.9. The van der Waals surface area contributed by atoms with Crippen LogP contribution in [0.15, 0.2) is 255 Å². The smallest absolute Gasteiger partial charge is 0.252 e. The maximum atomic E-state index is 10.3. The molecule has 4 heterocycles. The van der Waals surface area contributed by atoms with Crippen LogP contribution in [-0.2, 0) is 54.7 Å². The number of para-hydroxylation sites is 2. The molecule has 0 fully saturated rings. The Balaban J connectivity index is 1.12. The average molecular weight is 1660 g/mol. The molecule has 0 saturated heterocycles. The van der Waals surface area contributed by atoms with E-state index in [1.165, 1.54) is 22.3 Å². The van der Waals surface area contributed by atoms with Gasteiger partial charge < -0.3 is 18.9 Å². The molecule has 0 atom stereocenters. The summed E-state index contributed by atoms with van der Waals surface area (Å²) in [5.41, 5.74) is 24.4. The van der Waals surface area contributed by atoms with Gasteiger partial charge in [0.15, 0.2) is 0 Å². The molecule has 2 aliphatic rings. The van der Waals surface area contributed by atoms with E-state index in [-0.39, 0.29) is 79.7 Å². The molecule has 5 heteroatoms. The topological polar surface area (TPSA) is 16.3 Å². The fourth-order valence-electron chi connectivity index (χ4n) is 19.5. The molecule has 17 rings (SSSR count). The Bertz CT molecular complexity index is 6870. The van der Waals surface area contributed by atoms with Crippen molar-refractivity contribution in [2.45, 2.75) is 242 Å². The van der Waals surface area contributed by atoms with E-state index in [9.17, 15) is 16.4 Å². The Morgan fingerprint density at radius 1 is 0.272 bits per heavy atom. The van der Waals surface area contributed by atoms with Crippen LogP contribution in [0.25, 0.3) is 99.5 Å². The minimum Gasteiger partial charge on any atom is -0.310 e. The first-order chi connectivity index (χ1) is 63.4. The Morgan fingerprint density at radius 3 is 0.872 bits per heavy atom. The molecule has 0 aliphatic carbocycles. The second-order valence-electron chi connectivity index (χ2n) is 46.2. The van der Waals surface area contributed by atoms with Gasteiger partial charge in [0.05, 0.1) is 44.4 Å². The fraction of sp³-hybridized carbons (Fsp3) is 0.350. The standard InChI is InChI=1S/C120H135BN4/c1-112(2,3)70-76-36-32-40-82(56-76)93-62-86(118(19,20)21)63-94(83-41-33-37-77(57-83)71-113(4,5)6)110(93)124-105-68-89(122-101-46-30-28-44-91(101)97-60-80(48-54-103(97)122)74-116(13,14)15)50-52-99(105)121-100-53-51-90(123-102-47-31-29-45-92(102)98-61-81(49-55-104(98)123)75-117(16,17)18)69-106(100)125(108-67-88(120(25,26)27)66-107(124)109(108)121)111-95(84-42-34-38-78(58-84)72-114(7,8)9)64-87(119(22,23)24)65-96(111)85-43-35-39-79(59-85)73-115(10,11)12/h28-69H,70-75H2,1-27H3/i28D,29D,30D,31D,44D,45D,46D,47D,74D2,75D2. The molecule has 2 aliphatic heterocycles. The molecule has 13 aromatic carbocycles. The van der Waals surface area contributed by atoms with Crippen molar-refractivity contribution < 1.29 is 16.4 Å². The van der Waals surface area contributed by atoms with E-state index in [4.69, 9.17) is 0 Å². The van der Waals surface area contributed by atoms with Gasteiger partial charge in [-0.25, -0.2) is 0 Å². The monoisotopic (exact) mass is 1660 g/mol. The van der Waals surface area contributed by atoms with E-state index in [1.54, 1.807) is 0 Å². The number of nitrogens with zero attached hydrogens (tertiary/aromatic N) is 4. The third-order valence-corrected chi connectivity index (χ3v) is 24.5. The highest BCUT2D eigenvalue weighted by Crippen LogP contribution is 2.57. The van der Waals surface area contributed by atoms with Crippen molar-refractivity contribution in [3.63, 3.8) is 0 Å². The molecule has 15 aromatic rings. The first-order valence-corrected chi connectivity index (χ1v) is 45.3. The highest BCUT2D eigenvalue weighted by Gasteiger charge is 2.47. The highest BCUT2D eigenvalue weighted by atomic mass is 15.2.